The topological polar surface area (TPSA) is 86.2 Å². The summed E-state index contributed by atoms with van der Waals surface area (Å²) in [4.78, 5) is 16.5. The van der Waals surface area contributed by atoms with Gasteiger partial charge in [-0.15, -0.1) is 10.2 Å². The van der Waals surface area contributed by atoms with Crippen LogP contribution in [-0.4, -0.2) is 28.2 Å². The Labute approximate surface area is 160 Å². The normalized spacial score (nSPS) is 13.2. The maximum absolute atomic E-state index is 12.6. The molecule has 4 rings (SSSR count). The first-order valence-electron chi connectivity index (χ1n) is 8.57. The number of anilines is 1. The van der Waals surface area contributed by atoms with E-state index in [1.165, 1.54) is 11.3 Å². The van der Waals surface area contributed by atoms with Gasteiger partial charge in [0, 0.05) is 23.9 Å². The zero-order chi connectivity index (χ0) is 18.6. The van der Waals surface area contributed by atoms with Gasteiger partial charge < -0.3 is 9.47 Å². The molecular formula is C19H18N4O3S. The zero-order valence-corrected chi connectivity index (χ0v) is 15.5. The Morgan fingerprint density at radius 1 is 1.19 bits per heavy atom. The van der Waals surface area contributed by atoms with Crippen molar-refractivity contribution in [3.05, 3.63) is 58.9 Å². The second kappa shape index (κ2) is 7.71. The Kier molecular flexibility index (Phi) is 4.97. The molecule has 1 aliphatic rings. The van der Waals surface area contributed by atoms with E-state index in [2.05, 4.69) is 20.5 Å². The Morgan fingerprint density at radius 2 is 2.00 bits per heavy atom. The number of nitrogens with one attached hydrogen (secondary N) is 1. The molecule has 1 aliphatic carbocycles. The van der Waals surface area contributed by atoms with Crippen LogP contribution in [0, 0.1) is 0 Å². The highest BCUT2D eigenvalue weighted by Gasteiger charge is 2.27. The summed E-state index contributed by atoms with van der Waals surface area (Å²) in [6, 6.07) is 8.81. The number of carbonyl (C=O) groups excluding carboxylic acids is 1. The highest BCUT2D eigenvalue weighted by Crippen LogP contribution is 2.42. The Morgan fingerprint density at radius 3 is 2.74 bits per heavy atom. The molecule has 1 saturated carbocycles. The Hall–Kier alpha value is -3.00. The fraction of sp³-hybridized carbons (Fsp3) is 0.263. The van der Waals surface area contributed by atoms with Crippen molar-refractivity contribution in [1.82, 2.24) is 15.2 Å². The molecule has 138 valence electrons. The monoisotopic (exact) mass is 382 g/mol. The van der Waals surface area contributed by atoms with Gasteiger partial charge in [0.05, 0.1) is 7.11 Å². The molecule has 0 bridgehead atoms. The number of hydrogen-bond acceptors (Lipinski definition) is 7. The van der Waals surface area contributed by atoms with E-state index in [1.807, 2.05) is 12.1 Å². The van der Waals surface area contributed by atoms with Crippen LogP contribution in [0.3, 0.4) is 0 Å². The van der Waals surface area contributed by atoms with E-state index < -0.39 is 0 Å². The van der Waals surface area contributed by atoms with Crippen LogP contribution in [0.2, 0.25) is 0 Å². The van der Waals surface area contributed by atoms with Crippen molar-refractivity contribution < 1.29 is 14.3 Å². The summed E-state index contributed by atoms with van der Waals surface area (Å²) in [5, 5.41) is 12.5. The summed E-state index contributed by atoms with van der Waals surface area (Å²) in [7, 11) is 1.56. The lowest BCUT2D eigenvalue weighted by molar-refractivity contribution is 0.102. The summed E-state index contributed by atoms with van der Waals surface area (Å²) in [6.07, 6.45) is 5.72. The molecule has 1 N–H and O–H groups in total. The maximum Gasteiger partial charge on any atom is 0.257 e. The highest BCUT2D eigenvalue weighted by atomic mass is 32.1. The second-order valence-corrected chi connectivity index (χ2v) is 7.19. The first-order chi connectivity index (χ1) is 13.2. The van der Waals surface area contributed by atoms with E-state index in [4.69, 9.17) is 9.47 Å². The molecule has 1 fully saturated rings. The van der Waals surface area contributed by atoms with E-state index in [1.54, 1.807) is 37.7 Å². The van der Waals surface area contributed by atoms with E-state index in [9.17, 15) is 4.79 Å². The molecule has 0 spiro atoms. The highest BCUT2D eigenvalue weighted by molar-refractivity contribution is 7.15. The molecule has 7 nitrogen and oxygen atoms in total. The fourth-order valence-corrected chi connectivity index (χ4v) is 3.43. The Bertz CT molecular complexity index is 941. The molecule has 1 aromatic carbocycles. The quantitative estimate of drug-likeness (QED) is 0.671. The zero-order valence-electron chi connectivity index (χ0n) is 14.7. The standard InChI is InChI=1S/C19H18N4O3S/c1-25-15-5-4-14(10-16(15)26-11-12-6-8-20-9-7-12)17(24)21-19-23-22-18(27-19)13-2-3-13/h4-10,13H,2-3,11H2,1H3,(H,21,23,24). The van der Waals surface area contributed by atoms with Gasteiger partial charge in [0.1, 0.15) is 11.6 Å². The number of carbonyl (C=O) groups is 1. The van der Waals surface area contributed by atoms with Crippen LogP contribution < -0.4 is 14.8 Å². The molecule has 1 amide bonds. The number of methoxy groups -OCH3 is 1. The van der Waals surface area contributed by atoms with Gasteiger partial charge in [0.2, 0.25) is 5.13 Å². The van der Waals surface area contributed by atoms with Gasteiger partial charge in [0.25, 0.3) is 5.91 Å². The smallest absolute Gasteiger partial charge is 0.257 e. The number of amides is 1. The van der Waals surface area contributed by atoms with Crippen LogP contribution in [0.1, 0.15) is 39.7 Å². The van der Waals surface area contributed by atoms with Crippen LogP contribution in [0.4, 0.5) is 5.13 Å². The van der Waals surface area contributed by atoms with Crippen molar-refractivity contribution >= 4 is 22.4 Å². The van der Waals surface area contributed by atoms with Gasteiger partial charge in [-0.3, -0.25) is 15.1 Å². The summed E-state index contributed by atoms with van der Waals surface area (Å²) >= 11 is 1.43. The van der Waals surface area contributed by atoms with Gasteiger partial charge in [-0.1, -0.05) is 11.3 Å². The molecule has 0 aliphatic heterocycles. The van der Waals surface area contributed by atoms with E-state index in [0.717, 1.165) is 23.4 Å². The lowest BCUT2D eigenvalue weighted by atomic mass is 10.2. The molecule has 3 aromatic rings. The third-order valence-corrected chi connectivity index (χ3v) is 5.16. The first-order valence-corrected chi connectivity index (χ1v) is 9.39. The first kappa shape index (κ1) is 17.4. The summed E-state index contributed by atoms with van der Waals surface area (Å²) < 4.78 is 11.2. The lowest BCUT2D eigenvalue weighted by Crippen LogP contribution is -2.12. The van der Waals surface area contributed by atoms with Crippen molar-refractivity contribution in [1.29, 1.82) is 0 Å². The number of nitrogens with zero attached hydrogens (tertiary/aromatic N) is 3. The summed E-state index contributed by atoms with van der Waals surface area (Å²) in [5.41, 5.74) is 1.44. The van der Waals surface area contributed by atoms with Gasteiger partial charge in [0.15, 0.2) is 11.5 Å². The Balaban J connectivity index is 1.47. The molecule has 0 radical (unpaired) electrons. The SMILES string of the molecule is COc1ccc(C(=O)Nc2nnc(C3CC3)s2)cc1OCc1ccncc1. The number of hydrogen-bond donors (Lipinski definition) is 1. The summed E-state index contributed by atoms with van der Waals surface area (Å²) in [6.45, 7) is 0.352. The van der Waals surface area contributed by atoms with E-state index >= 15 is 0 Å². The maximum atomic E-state index is 12.6. The summed E-state index contributed by atoms with van der Waals surface area (Å²) in [5.74, 6) is 1.32. The molecule has 2 heterocycles. The molecule has 0 unspecified atom stereocenters. The van der Waals surface area contributed by atoms with E-state index in [-0.39, 0.29) is 5.91 Å². The predicted molar refractivity (Wildman–Crippen MR) is 101 cm³/mol. The average Bonchev–Trinajstić information content (AvgIpc) is 3.46. The third kappa shape index (κ3) is 4.22. The van der Waals surface area contributed by atoms with Crippen molar-refractivity contribution in [2.75, 3.05) is 12.4 Å². The molecule has 8 heteroatoms. The molecule has 27 heavy (non-hydrogen) atoms. The second-order valence-electron chi connectivity index (χ2n) is 6.18. The number of ether oxygens (including phenoxy) is 2. The number of pyridine rings is 1. The molecule has 0 saturated heterocycles. The molecule has 0 atom stereocenters. The van der Waals surface area contributed by atoms with Crippen LogP contribution in [-0.2, 0) is 6.61 Å². The van der Waals surface area contributed by atoms with Gasteiger partial charge >= 0.3 is 0 Å². The van der Waals surface area contributed by atoms with Crippen LogP contribution >= 0.6 is 11.3 Å². The molecular weight excluding hydrogens is 364 g/mol. The predicted octanol–water partition coefficient (Wildman–Crippen LogP) is 3.65. The largest absolute Gasteiger partial charge is 0.493 e. The average molecular weight is 382 g/mol. The van der Waals surface area contributed by atoms with Crippen molar-refractivity contribution in [2.45, 2.75) is 25.4 Å². The van der Waals surface area contributed by atoms with Crippen molar-refractivity contribution in [3.8, 4) is 11.5 Å². The lowest BCUT2D eigenvalue weighted by Gasteiger charge is -2.12. The van der Waals surface area contributed by atoms with Gasteiger partial charge in [-0.2, -0.15) is 0 Å². The third-order valence-electron chi connectivity index (χ3n) is 4.16. The fourth-order valence-electron chi connectivity index (χ4n) is 2.52. The van der Waals surface area contributed by atoms with Crippen molar-refractivity contribution in [2.24, 2.45) is 0 Å². The van der Waals surface area contributed by atoms with Crippen LogP contribution in [0.5, 0.6) is 11.5 Å². The minimum absolute atomic E-state index is 0.259. The number of benzene rings is 1. The van der Waals surface area contributed by atoms with Gasteiger partial charge in [-0.05, 0) is 48.7 Å². The minimum Gasteiger partial charge on any atom is -0.493 e. The minimum atomic E-state index is -0.259. The van der Waals surface area contributed by atoms with Crippen molar-refractivity contribution in [3.63, 3.8) is 0 Å². The number of aromatic nitrogens is 3. The number of rotatable bonds is 7. The van der Waals surface area contributed by atoms with Gasteiger partial charge in [-0.25, -0.2) is 0 Å². The van der Waals surface area contributed by atoms with Crippen LogP contribution in [0.25, 0.3) is 0 Å². The van der Waals surface area contributed by atoms with Crippen LogP contribution in [0.15, 0.2) is 42.7 Å². The van der Waals surface area contributed by atoms with E-state index in [0.29, 0.717) is 34.7 Å². The molecule has 2 aromatic heterocycles.